The van der Waals surface area contributed by atoms with Crippen molar-refractivity contribution in [2.45, 2.75) is 45.2 Å². The second kappa shape index (κ2) is 7.92. The molecule has 146 valence electrons. The van der Waals surface area contributed by atoms with E-state index in [0.717, 1.165) is 43.0 Å². The van der Waals surface area contributed by atoms with Gasteiger partial charge < -0.3 is 10.2 Å². The third kappa shape index (κ3) is 3.67. The largest absolute Gasteiger partial charge is 0.367 e. The lowest BCUT2D eigenvalue weighted by Crippen LogP contribution is -2.45. The van der Waals surface area contributed by atoms with Crippen LogP contribution in [0.4, 0.5) is 11.6 Å². The molecule has 4 rings (SSSR count). The lowest BCUT2D eigenvalue weighted by molar-refractivity contribution is 0.451. The zero-order chi connectivity index (χ0) is 19.5. The third-order valence-corrected chi connectivity index (χ3v) is 5.14. The molecule has 1 unspecified atom stereocenters. The number of fused-ring (bicyclic) bond motifs is 1. The minimum atomic E-state index is -0.0645. The number of aromatic nitrogens is 5. The van der Waals surface area contributed by atoms with Crippen LogP contribution in [0.5, 0.6) is 0 Å². The minimum absolute atomic E-state index is 0.0358. The molecule has 0 spiro atoms. The molecule has 1 fully saturated rings. The summed E-state index contributed by atoms with van der Waals surface area (Å²) in [5.41, 5.74) is 0.622. The number of anilines is 2. The number of nitrogens with one attached hydrogen (secondary N) is 1. The van der Waals surface area contributed by atoms with Crippen LogP contribution < -0.4 is 15.8 Å². The van der Waals surface area contributed by atoms with Gasteiger partial charge in [0.2, 0.25) is 0 Å². The summed E-state index contributed by atoms with van der Waals surface area (Å²) in [6.07, 6.45) is 6.64. The molecule has 8 nitrogen and oxygen atoms in total. The lowest BCUT2D eigenvalue weighted by atomic mass is 10.0. The fourth-order valence-corrected chi connectivity index (χ4v) is 3.70. The number of hydrogen-bond acceptors (Lipinski definition) is 7. The smallest absolute Gasteiger partial charge is 0.267 e. The second-order valence-corrected chi connectivity index (χ2v) is 7.39. The molecule has 1 atom stereocenters. The first-order valence-corrected chi connectivity index (χ1v) is 9.79. The Labute approximate surface area is 163 Å². The molecule has 0 aliphatic carbocycles. The molecule has 0 amide bonds. The summed E-state index contributed by atoms with van der Waals surface area (Å²) in [5.74, 6) is 1.65. The summed E-state index contributed by atoms with van der Waals surface area (Å²) in [6.45, 7) is 5.62. The van der Waals surface area contributed by atoms with Crippen molar-refractivity contribution in [1.82, 2.24) is 24.7 Å². The molecule has 1 aliphatic rings. The zero-order valence-electron chi connectivity index (χ0n) is 16.2. The van der Waals surface area contributed by atoms with E-state index < -0.39 is 0 Å². The van der Waals surface area contributed by atoms with E-state index in [1.54, 1.807) is 16.9 Å². The molecular weight excluding hydrogens is 354 g/mol. The van der Waals surface area contributed by atoms with Crippen molar-refractivity contribution in [2.24, 2.45) is 0 Å². The Hall–Kier alpha value is -3.03. The molecule has 0 radical (unpaired) electrons. The molecule has 1 N–H and O–H groups in total. The van der Waals surface area contributed by atoms with Crippen LogP contribution in [0.2, 0.25) is 0 Å². The topological polar surface area (TPSA) is 88.8 Å². The number of nitrogens with zero attached hydrogens (tertiary/aromatic N) is 6. The van der Waals surface area contributed by atoms with Crippen molar-refractivity contribution >= 4 is 22.7 Å². The molecule has 28 heavy (non-hydrogen) atoms. The fraction of sp³-hybridized carbons (Fsp3) is 0.450. The van der Waals surface area contributed by atoms with Crippen LogP contribution in [-0.2, 0) is 0 Å². The first-order valence-electron chi connectivity index (χ1n) is 9.79. The van der Waals surface area contributed by atoms with Crippen LogP contribution >= 0.6 is 0 Å². The van der Waals surface area contributed by atoms with Crippen LogP contribution in [-0.4, -0.2) is 43.9 Å². The monoisotopic (exact) mass is 379 g/mol. The van der Waals surface area contributed by atoms with Crippen molar-refractivity contribution < 1.29 is 0 Å². The quantitative estimate of drug-likeness (QED) is 0.729. The van der Waals surface area contributed by atoms with E-state index in [-0.39, 0.29) is 17.6 Å². The maximum Gasteiger partial charge on any atom is 0.267 e. The Morgan fingerprint density at radius 3 is 2.93 bits per heavy atom. The molecule has 3 aromatic heterocycles. The van der Waals surface area contributed by atoms with E-state index in [4.69, 9.17) is 0 Å². The first kappa shape index (κ1) is 18.3. The van der Waals surface area contributed by atoms with Gasteiger partial charge in [0.05, 0.1) is 11.4 Å². The Balaban J connectivity index is 1.56. The predicted molar refractivity (Wildman–Crippen MR) is 110 cm³/mol. The van der Waals surface area contributed by atoms with Crippen molar-refractivity contribution in [3.8, 4) is 0 Å². The van der Waals surface area contributed by atoms with Gasteiger partial charge >= 0.3 is 0 Å². The van der Waals surface area contributed by atoms with Gasteiger partial charge in [-0.25, -0.2) is 19.6 Å². The average molecular weight is 379 g/mol. The van der Waals surface area contributed by atoms with Crippen LogP contribution in [0.15, 0.2) is 41.6 Å². The highest BCUT2D eigenvalue weighted by atomic mass is 16.1. The number of rotatable bonds is 5. The summed E-state index contributed by atoms with van der Waals surface area (Å²) in [4.78, 5) is 27.3. The maximum absolute atomic E-state index is 12.1. The van der Waals surface area contributed by atoms with Crippen LogP contribution in [0.3, 0.4) is 0 Å². The van der Waals surface area contributed by atoms with Crippen molar-refractivity contribution in [1.29, 1.82) is 0 Å². The van der Waals surface area contributed by atoms with Crippen LogP contribution in [0.25, 0.3) is 11.0 Å². The Bertz CT molecular complexity index is 1010. The van der Waals surface area contributed by atoms with Gasteiger partial charge in [-0.15, -0.1) is 0 Å². The van der Waals surface area contributed by atoms with Crippen LogP contribution in [0.1, 0.15) is 39.2 Å². The van der Waals surface area contributed by atoms with Crippen LogP contribution in [0, 0.1) is 0 Å². The van der Waals surface area contributed by atoms with Crippen molar-refractivity contribution in [2.75, 3.05) is 23.3 Å². The normalized spacial score (nSPS) is 17.2. The average Bonchev–Trinajstić information content (AvgIpc) is 2.72. The molecule has 0 bridgehead atoms. The van der Waals surface area contributed by atoms with Gasteiger partial charge in [-0.1, -0.05) is 0 Å². The van der Waals surface area contributed by atoms with E-state index in [0.29, 0.717) is 5.65 Å². The van der Waals surface area contributed by atoms with Gasteiger partial charge in [0.25, 0.3) is 5.56 Å². The highest BCUT2D eigenvalue weighted by Gasteiger charge is 2.24. The molecule has 1 aliphatic heterocycles. The van der Waals surface area contributed by atoms with Gasteiger partial charge in [0.1, 0.15) is 18.0 Å². The molecule has 4 heterocycles. The molecule has 1 saturated heterocycles. The summed E-state index contributed by atoms with van der Waals surface area (Å²) < 4.78 is 1.55. The van der Waals surface area contributed by atoms with Crippen molar-refractivity contribution in [3.63, 3.8) is 0 Å². The van der Waals surface area contributed by atoms with Gasteiger partial charge in [-0.3, -0.25) is 4.79 Å². The first-order chi connectivity index (χ1) is 13.6. The highest BCUT2D eigenvalue weighted by molar-refractivity contribution is 5.85. The Kier molecular flexibility index (Phi) is 5.18. The van der Waals surface area contributed by atoms with Gasteiger partial charge in [0.15, 0.2) is 5.65 Å². The molecule has 8 heteroatoms. The van der Waals surface area contributed by atoms with Gasteiger partial charge in [-0.05, 0) is 51.3 Å². The summed E-state index contributed by atoms with van der Waals surface area (Å²) in [5, 5.41) is 9.01. The molecule has 3 aromatic rings. The van der Waals surface area contributed by atoms with Crippen molar-refractivity contribution in [3.05, 3.63) is 47.1 Å². The fourth-order valence-electron chi connectivity index (χ4n) is 3.70. The molecular formula is C20H25N7O. The Morgan fingerprint density at radius 1 is 1.18 bits per heavy atom. The predicted octanol–water partition coefficient (Wildman–Crippen LogP) is 2.63. The van der Waals surface area contributed by atoms with Gasteiger partial charge in [-0.2, -0.15) is 5.10 Å². The summed E-state index contributed by atoms with van der Waals surface area (Å²) >= 11 is 0. The lowest BCUT2D eigenvalue weighted by Gasteiger charge is -2.37. The molecule has 0 aromatic carbocycles. The number of piperidine rings is 1. The standard InChI is InChI=1S/C20H25N7O/c1-14(2)27-18(28)9-8-17(25-27)26-11-4-3-6-15(26)12-22-20-16-7-5-10-21-19(16)23-13-24-20/h5,7-10,13-15H,3-4,6,11-12H2,1-2H3,(H,21,22,23,24). The Morgan fingerprint density at radius 2 is 2.07 bits per heavy atom. The van der Waals surface area contributed by atoms with E-state index in [9.17, 15) is 4.79 Å². The minimum Gasteiger partial charge on any atom is -0.367 e. The second-order valence-electron chi connectivity index (χ2n) is 7.39. The summed E-state index contributed by atoms with van der Waals surface area (Å²) in [6, 6.07) is 7.63. The summed E-state index contributed by atoms with van der Waals surface area (Å²) in [7, 11) is 0. The maximum atomic E-state index is 12.1. The van der Waals surface area contributed by atoms with E-state index in [1.807, 2.05) is 32.0 Å². The number of hydrogen-bond donors (Lipinski definition) is 1. The van der Waals surface area contributed by atoms with E-state index in [1.165, 1.54) is 12.7 Å². The zero-order valence-corrected chi connectivity index (χ0v) is 16.2. The highest BCUT2D eigenvalue weighted by Crippen LogP contribution is 2.24. The van der Waals surface area contributed by atoms with Gasteiger partial charge in [0, 0.05) is 31.4 Å². The molecule has 0 saturated carbocycles. The third-order valence-electron chi connectivity index (χ3n) is 5.14. The van der Waals surface area contributed by atoms with E-state index >= 15 is 0 Å². The number of pyridine rings is 1. The van der Waals surface area contributed by atoms with E-state index in [2.05, 4.69) is 30.3 Å². The SMILES string of the molecule is CC(C)n1nc(N2CCCCC2CNc2ncnc3ncccc23)ccc1=O.